The summed E-state index contributed by atoms with van der Waals surface area (Å²) in [6.45, 7) is 4.62. The van der Waals surface area contributed by atoms with Crippen molar-refractivity contribution in [2.24, 2.45) is 4.99 Å². The number of hydrogen-bond acceptors (Lipinski definition) is 3. The third-order valence-electron chi connectivity index (χ3n) is 2.98. The maximum atomic E-state index is 4.60. The van der Waals surface area contributed by atoms with Crippen LogP contribution in [0.25, 0.3) is 0 Å². The van der Waals surface area contributed by atoms with Crippen LogP contribution in [0.3, 0.4) is 0 Å². The molecule has 0 atom stereocenters. The zero-order valence-electron chi connectivity index (χ0n) is 12.8. The monoisotopic (exact) mass is 430 g/mol. The lowest BCUT2D eigenvalue weighted by Gasteiger charge is -2.11. The van der Waals surface area contributed by atoms with Gasteiger partial charge in [-0.15, -0.1) is 35.3 Å². The molecule has 0 fully saturated rings. The number of guanidine groups is 1. The number of halogens is 1. The normalized spacial score (nSPS) is 10.9. The summed E-state index contributed by atoms with van der Waals surface area (Å²) >= 11 is 1.79. The first-order valence-corrected chi connectivity index (χ1v) is 8.20. The van der Waals surface area contributed by atoms with E-state index in [-0.39, 0.29) is 24.0 Å². The molecule has 4 nitrogen and oxygen atoms in total. The molecular formula is C16H23IN4S. The van der Waals surface area contributed by atoms with Crippen molar-refractivity contribution in [3.8, 4) is 0 Å². The Labute approximate surface area is 153 Å². The molecular weight excluding hydrogens is 407 g/mol. The number of thiophene rings is 1. The third kappa shape index (κ3) is 7.22. The number of aromatic nitrogens is 1. The molecule has 2 heterocycles. The summed E-state index contributed by atoms with van der Waals surface area (Å²) < 4.78 is 0. The molecule has 0 aliphatic rings. The quantitative estimate of drug-likeness (QED) is 0.403. The predicted molar refractivity (Wildman–Crippen MR) is 105 cm³/mol. The molecule has 120 valence electrons. The Morgan fingerprint density at radius 1 is 1.23 bits per heavy atom. The molecule has 0 aliphatic heterocycles. The SMILES string of the molecule is CCNC(=NCCc1cccs1)NCCc1cccnc1.I. The van der Waals surface area contributed by atoms with Crippen LogP contribution in [-0.4, -0.2) is 30.6 Å². The van der Waals surface area contributed by atoms with Crippen LogP contribution in [0, 0.1) is 0 Å². The Kier molecular flexibility index (Phi) is 9.81. The van der Waals surface area contributed by atoms with Gasteiger partial charge in [-0.2, -0.15) is 0 Å². The van der Waals surface area contributed by atoms with Crippen molar-refractivity contribution in [1.82, 2.24) is 15.6 Å². The third-order valence-corrected chi connectivity index (χ3v) is 3.92. The average molecular weight is 430 g/mol. The first-order valence-electron chi connectivity index (χ1n) is 7.32. The lowest BCUT2D eigenvalue weighted by molar-refractivity contribution is 0.796. The van der Waals surface area contributed by atoms with Crippen LogP contribution < -0.4 is 10.6 Å². The first-order chi connectivity index (χ1) is 10.4. The van der Waals surface area contributed by atoms with Crippen molar-refractivity contribution in [2.45, 2.75) is 19.8 Å². The zero-order valence-corrected chi connectivity index (χ0v) is 15.9. The number of aliphatic imine (C=N–C) groups is 1. The smallest absolute Gasteiger partial charge is 0.191 e. The van der Waals surface area contributed by atoms with Crippen LogP contribution in [0.4, 0.5) is 0 Å². The van der Waals surface area contributed by atoms with Crippen LogP contribution in [0.1, 0.15) is 17.4 Å². The fraction of sp³-hybridized carbons (Fsp3) is 0.375. The van der Waals surface area contributed by atoms with Crippen molar-refractivity contribution >= 4 is 41.3 Å². The van der Waals surface area contributed by atoms with Crippen molar-refractivity contribution in [2.75, 3.05) is 19.6 Å². The fourth-order valence-electron chi connectivity index (χ4n) is 1.95. The molecule has 0 unspecified atom stereocenters. The Hall–Kier alpha value is -1.15. The van der Waals surface area contributed by atoms with Crippen LogP contribution in [0.2, 0.25) is 0 Å². The predicted octanol–water partition coefficient (Wildman–Crippen LogP) is 3.10. The number of pyridine rings is 1. The van der Waals surface area contributed by atoms with Gasteiger partial charge in [0, 0.05) is 43.3 Å². The molecule has 0 amide bonds. The van der Waals surface area contributed by atoms with Gasteiger partial charge in [-0.3, -0.25) is 9.98 Å². The Morgan fingerprint density at radius 3 is 2.82 bits per heavy atom. The lowest BCUT2D eigenvalue weighted by atomic mass is 10.2. The van der Waals surface area contributed by atoms with Crippen LogP contribution >= 0.6 is 35.3 Å². The minimum Gasteiger partial charge on any atom is -0.357 e. The topological polar surface area (TPSA) is 49.3 Å². The van der Waals surface area contributed by atoms with Gasteiger partial charge in [-0.25, -0.2) is 0 Å². The van der Waals surface area contributed by atoms with E-state index in [1.807, 2.05) is 12.3 Å². The first kappa shape index (κ1) is 18.9. The van der Waals surface area contributed by atoms with Crippen molar-refractivity contribution < 1.29 is 0 Å². The summed E-state index contributed by atoms with van der Waals surface area (Å²) in [6.07, 6.45) is 5.65. The molecule has 0 bridgehead atoms. The Balaban J connectivity index is 0.00000242. The van der Waals surface area contributed by atoms with E-state index in [1.165, 1.54) is 10.4 Å². The molecule has 2 rings (SSSR count). The highest BCUT2D eigenvalue weighted by molar-refractivity contribution is 14.0. The summed E-state index contributed by atoms with van der Waals surface area (Å²) in [5.74, 6) is 0.887. The molecule has 0 spiro atoms. The summed E-state index contributed by atoms with van der Waals surface area (Å²) in [4.78, 5) is 10.1. The molecule has 0 saturated carbocycles. The maximum absolute atomic E-state index is 4.60. The van der Waals surface area contributed by atoms with E-state index >= 15 is 0 Å². The average Bonchev–Trinajstić information content (AvgIpc) is 3.02. The van der Waals surface area contributed by atoms with Crippen molar-refractivity contribution in [1.29, 1.82) is 0 Å². The molecule has 0 aliphatic carbocycles. The van der Waals surface area contributed by atoms with E-state index in [4.69, 9.17) is 0 Å². The summed E-state index contributed by atoms with van der Waals surface area (Å²) in [5, 5.41) is 8.75. The zero-order chi connectivity index (χ0) is 14.8. The van der Waals surface area contributed by atoms with Crippen molar-refractivity contribution in [3.05, 3.63) is 52.5 Å². The van der Waals surface area contributed by atoms with Gasteiger partial charge < -0.3 is 10.6 Å². The molecule has 6 heteroatoms. The minimum absolute atomic E-state index is 0. The second-order valence-electron chi connectivity index (χ2n) is 4.63. The molecule has 0 saturated heterocycles. The highest BCUT2D eigenvalue weighted by Gasteiger charge is 1.98. The molecule has 0 radical (unpaired) electrons. The molecule has 2 aromatic rings. The van der Waals surface area contributed by atoms with Gasteiger partial charge in [0.1, 0.15) is 0 Å². The van der Waals surface area contributed by atoms with E-state index < -0.39 is 0 Å². The largest absolute Gasteiger partial charge is 0.357 e. The number of rotatable bonds is 7. The second-order valence-corrected chi connectivity index (χ2v) is 5.66. The van der Waals surface area contributed by atoms with Gasteiger partial charge >= 0.3 is 0 Å². The van der Waals surface area contributed by atoms with Gasteiger partial charge in [0.15, 0.2) is 5.96 Å². The summed E-state index contributed by atoms with van der Waals surface area (Å²) in [5.41, 5.74) is 1.24. The van der Waals surface area contributed by atoms with Gasteiger partial charge in [0.05, 0.1) is 0 Å². The van der Waals surface area contributed by atoms with Crippen LogP contribution in [0.5, 0.6) is 0 Å². The fourth-order valence-corrected chi connectivity index (χ4v) is 2.64. The second kappa shape index (κ2) is 11.4. The van der Waals surface area contributed by atoms with E-state index in [2.05, 4.69) is 51.1 Å². The summed E-state index contributed by atoms with van der Waals surface area (Å²) in [7, 11) is 0. The Morgan fingerprint density at radius 2 is 2.14 bits per heavy atom. The molecule has 22 heavy (non-hydrogen) atoms. The van der Waals surface area contributed by atoms with E-state index in [1.54, 1.807) is 17.5 Å². The van der Waals surface area contributed by atoms with E-state index in [9.17, 15) is 0 Å². The number of nitrogens with one attached hydrogen (secondary N) is 2. The Bertz CT molecular complexity index is 528. The number of hydrogen-bond donors (Lipinski definition) is 2. The van der Waals surface area contributed by atoms with Gasteiger partial charge in [0.2, 0.25) is 0 Å². The van der Waals surface area contributed by atoms with Crippen LogP contribution in [0.15, 0.2) is 47.0 Å². The van der Waals surface area contributed by atoms with Gasteiger partial charge in [0.25, 0.3) is 0 Å². The van der Waals surface area contributed by atoms with Gasteiger partial charge in [-0.1, -0.05) is 12.1 Å². The van der Waals surface area contributed by atoms with Crippen molar-refractivity contribution in [3.63, 3.8) is 0 Å². The number of nitrogens with zero attached hydrogens (tertiary/aromatic N) is 2. The van der Waals surface area contributed by atoms with E-state index in [0.29, 0.717) is 0 Å². The van der Waals surface area contributed by atoms with E-state index in [0.717, 1.165) is 38.4 Å². The highest BCUT2D eigenvalue weighted by atomic mass is 127. The van der Waals surface area contributed by atoms with Crippen LogP contribution in [-0.2, 0) is 12.8 Å². The minimum atomic E-state index is 0. The van der Waals surface area contributed by atoms with Gasteiger partial charge in [-0.05, 0) is 36.4 Å². The highest BCUT2D eigenvalue weighted by Crippen LogP contribution is 2.08. The summed E-state index contributed by atoms with van der Waals surface area (Å²) in [6, 6.07) is 8.30. The standard InChI is InChI=1S/C16H22N4S.HI/c1-2-18-16(20-11-8-15-6-4-12-21-15)19-10-7-14-5-3-9-17-13-14;/h3-6,9,12-13H,2,7-8,10-11H2,1H3,(H2,18,19,20);1H. The molecule has 2 N–H and O–H groups in total. The molecule has 2 aromatic heterocycles. The lowest BCUT2D eigenvalue weighted by Crippen LogP contribution is -2.38. The maximum Gasteiger partial charge on any atom is 0.191 e. The molecule has 0 aromatic carbocycles.